The Bertz CT molecular complexity index is 967. The lowest BCUT2D eigenvalue weighted by Crippen LogP contribution is -2.60. The van der Waals surface area contributed by atoms with Crippen molar-refractivity contribution < 1.29 is 24.2 Å². The average molecular weight is 437 g/mol. The van der Waals surface area contributed by atoms with Crippen molar-refractivity contribution in [3.8, 4) is 11.1 Å². The molecule has 0 radical (unpaired) electrons. The third kappa shape index (κ3) is 4.47. The molecule has 0 atom stereocenters. The third-order valence-electron chi connectivity index (χ3n) is 6.45. The van der Waals surface area contributed by atoms with E-state index in [4.69, 9.17) is 9.84 Å². The first kappa shape index (κ1) is 21.9. The first-order valence-electron chi connectivity index (χ1n) is 11.1. The summed E-state index contributed by atoms with van der Waals surface area (Å²) in [5.41, 5.74) is 3.50. The number of amides is 2. The Labute approximate surface area is 187 Å². The maximum atomic E-state index is 12.9. The van der Waals surface area contributed by atoms with E-state index in [0.29, 0.717) is 12.8 Å². The molecule has 7 heteroatoms. The molecule has 2 aromatic rings. The summed E-state index contributed by atoms with van der Waals surface area (Å²) in [4.78, 5) is 36.4. The molecule has 7 nitrogen and oxygen atoms in total. The predicted octanol–water partition coefficient (Wildman–Crippen LogP) is 3.82. The summed E-state index contributed by atoms with van der Waals surface area (Å²) in [5.74, 6) is -1.38. The fraction of sp³-hybridized carbons (Fsp3) is 0.400. The second-order valence-corrected chi connectivity index (χ2v) is 8.49. The van der Waals surface area contributed by atoms with Gasteiger partial charge < -0.3 is 20.5 Å². The average Bonchev–Trinajstić information content (AvgIpc) is 3.12. The minimum Gasteiger partial charge on any atom is -0.481 e. The Morgan fingerprint density at radius 2 is 1.53 bits per heavy atom. The van der Waals surface area contributed by atoms with Gasteiger partial charge in [-0.1, -0.05) is 67.8 Å². The zero-order chi connectivity index (χ0) is 22.6. The van der Waals surface area contributed by atoms with Gasteiger partial charge in [0.2, 0.25) is 5.91 Å². The Morgan fingerprint density at radius 1 is 0.938 bits per heavy atom. The number of carboxylic acids is 1. The molecule has 1 saturated carbocycles. The number of nitrogens with one attached hydrogen (secondary N) is 2. The van der Waals surface area contributed by atoms with Crippen LogP contribution >= 0.6 is 0 Å². The molecule has 0 unspecified atom stereocenters. The Kier molecular flexibility index (Phi) is 6.44. The molecule has 32 heavy (non-hydrogen) atoms. The molecule has 0 heterocycles. The van der Waals surface area contributed by atoms with Crippen molar-refractivity contribution in [2.24, 2.45) is 0 Å². The van der Waals surface area contributed by atoms with Gasteiger partial charge in [0.1, 0.15) is 12.1 Å². The molecule has 4 rings (SSSR count). The van der Waals surface area contributed by atoms with Gasteiger partial charge in [-0.3, -0.25) is 9.59 Å². The van der Waals surface area contributed by atoms with Crippen LogP contribution in [-0.4, -0.2) is 41.8 Å². The maximum Gasteiger partial charge on any atom is 0.408 e. The normalized spacial score (nSPS) is 16.5. The second-order valence-electron chi connectivity index (χ2n) is 8.49. The maximum absolute atomic E-state index is 12.9. The number of fused-ring (bicyclic) bond motifs is 3. The van der Waals surface area contributed by atoms with Crippen LogP contribution < -0.4 is 10.6 Å². The van der Waals surface area contributed by atoms with Gasteiger partial charge >= 0.3 is 12.1 Å². The molecule has 0 bridgehead atoms. The minimum absolute atomic E-state index is 0.0300. The quantitative estimate of drug-likeness (QED) is 0.612. The molecular weight excluding hydrogens is 408 g/mol. The molecule has 1 fully saturated rings. The Morgan fingerprint density at radius 3 is 2.12 bits per heavy atom. The molecule has 2 aromatic carbocycles. The highest BCUT2D eigenvalue weighted by atomic mass is 16.5. The summed E-state index contributed by atoms with van der Waals surface area (Å²) < 4.78 is 5.64. The lowest BCUT2D eigenvalue weighted by atomic mass is 9.81. The number of carbonyl (C=O) groups is 3. The molecule has 2 aliphatic rings. The van der Waals surface area contributed by atoms with Crippen molar-refractivity contribution in [2.45, 2.75) is 50.0 Å². The van der Waals surface area contributed by atoms with E-state index in [1.165, 1.54) is 0 Å². The summed E-state index contributed by atoms with van der Waals surface area (Å²) in [6.45, 7) is 0.207. The monoisotopic (exact) mass is 436 g/mol. The van der Waals surface area contributed by atoms with E-state index in [-0.39, 0.29) is 31.4 Å². The van der Waals surface area contributed by atoms with E-state index < -0.39 is 17.6 Å². The van der Waals surface area contributed by atoms with Crippen molar-refractivity contribution in [3.63, 3.8) is 0 Å². The van der Waals surface area contributed by atoms with E-state index in [1.807, 2.05) is 24.3 Å². The zero-order valence-electron chi connectivity index (χ0n) is 17.9. The van der Waals surface area contributed by atoms with Crippen LogP contribution in [0.25, 0.3) is 11.1 Å². The third-order valence-corrected chi connectivity index (χ3v) is 6.45. The standard InChI is InChI=1S/C25H28N2O5/c28-22(29)12-15-26-23(30)25(13-6-1-7-14-25)27-24(31)32-16-21-19-10-4-2-8-17(19)18-9-3-5-11-20(18)21/h2-5,8-11,21H,1,6-7,12-16H2,(H,26,30)(H,27,31)(H,28,29). The first-order valence-corrected chi connectivity index (χ1v) is 11.1. The topological polar surface area (TPSA) is 105 Å². The van der Waals surface area contributed by atoms with Gasteiger partial charge in [0.15, 0.2) is 0 Å². The predicted molar refractivity (Wildman–Crippen MR) is 119 cm³/mol. The largest absolute Gasteiger partial charge is 0.481 e. The summed E-state index contributed by atoms with van der Waals surface area (Å²) >= 11 is 0. The smallest absolute Gasteiger partial charge is 0.408 e. The summed E-state index contributed by atoms with van der Waals surface area (Å²) in [7, 11) is 0. The van der Waals surface area contributed by atoms with E-state index in [1.54, 1.807) is 0 Å². The van der Waals surface area contributed by atoms with E-state index >= 15 is 0 Å². The number of benzene rings is 2. The summed E-state index contributed by atoms with van der Waals surface area (Å²) in [5, 5.41) is 14.3. The molecule has 0 aromatic heterocycles. The highest BCUT2D eigenvalue weighted by molar-refractivity contribution is 5.90. The van der Waals surface area contributed by atoms with Gasteiger partial charge in [0.25, 0.3) is 0 Å². The molecule has 2 aliphatic carbocycles. The molecule has 0 spiro atoms. The highest BCUT2D eigenvalue weighted by Gasteiger charge is 2.41. The zero-order valence-corrected chi connectivity index (χ0v) is 17.9. The van der Waals surface area contributed by atoms with Gasteiger partial charge in [-0.2, -0.15) is 0 Å². The molecule has 0 saturated heterocycles. The van der Waals surface area contributed by atoms with Crippen LogP contribution in [0.4, 0.5) is 4.79 Å². The molecular formula is C25H28N2O5. The van der Waals surface area contributed by atoms with Crippen LogP contribution in [0.3, 0.4) is 0 Å². The molecule has 168 valence electrons. The summed E-state index contributed by atoms with van der Waals surface area (Å²) in [6, 6.07) is 16.2. The number of alkyl carbamates (subject to hydrolysis) is 1. The van der Waals surface area contributed by atoms with E-state index in [0.717, 1.165) is 41.5 Å². The van der Waals surface area contributed by atoms with Crippen LogP contribution in [0, 0.1) is 0 Å². The Balaban J connectivity index is 1.43. The van der Waals surface area contributed by atoms with Crippen molar-refractivity contribution in [1.82, 2.24) is 10.6 Å². The number of carbonyl (C=O) groups excluding carboxylic acids is 2. The van der Waals surface area contributed by atoms with E-state index in [2.05, 4.69) is 34.9 Å². The van der Waals surface area contributed by atoms with Crippen molar-refractivity contribution in [2.75, 3.05) is 13.2 Å². The number of carboxylic acid groups (broad SMARTS) is 1. The Hall–Kier alpha value is -3.35. The lowest BCUT2D eigenvalue weighted by Gasteiger charge is -2.36. The van der Waals surface area contributed by atoms with Crippen molar-refractivity contribution in [1.29, 1.82) is 0 Å². The fourth-order valence-electron chi connectivity index (χ4n) is 4.85. The number of hydrogen-bond donors (Lipinski definition) is 3. The first-order chi connectivity index (χ1) is 15.5. The van der Waals surface area contributed by atoms with Crippen LogP contribution in [0.15, 0.2) is 48.5 Å². The van der Waals surface area contributed by atoms with Crippen molar-refractivity contribution >= 4 is 18.0 Å². The number of ether oxygens (including phenoxy) is 1. The van der Waals surface area contributed by atoms with Crippen LogP contribution in [0.1, 0.15) is 55.6 Å². The summed E-state index contributed by atoms with van der Waals surface area (Å²) in [6.07, 6.45) is 2.86. The second kappa shape index (κ2) is 9.42. The number of rotatable bonds is 7. The van der Waals surface area contributed by atoms with Crippen LogP contribution in [0.5, 0.6) is 0 Å². The van der Waals surface area contributed by atoms with Gasteiger partial charge in [-0.25, -0.2) is 4.79 Å². The SMILES string of the molecule is O=C(O)CCNC(=O)C1(NC(=O)OCC2c3ccccc3-c3ccccc32)CCCCC1. The molecule has 2 amide bonds. The number of aliphatic carboxylic acids is 1. The minimum atomic E-state index is -1.06. The highest BCUT2D eigenvalue weighted by Crippen LogP contribution is 2.44. The van der Waals surface area contributed by atoms with Gasteiger partial charge in [-0.05, 0) is 35.1 Å². The lowest BCUT2D eigenvalue weighted by molar-refractivity contribution is -0.137. The molecule has 0 aliphatic heterocycles. The van der Waals surface area contributed by atoms with Gasteiger partial charge in [-0.15, -0.1) is 0 Å². The fourth-order valence-corrected chi connectivity index (χ4v) is 4.85. The van der Waals surface area contributed by atoms with Crippen LogP contribution in [-0.2, 0) is 14.3 Å². The number of hydrogen-bond acceptors (Lipinski definition) is 4. The van der Waals surface area contributed by atoms with E-state index in [9.17, 15) is 14.4 Å². The molecule has 3 N–H and O–H groups in total. The van der Waals surface area contributed by atoms with Crippen LogP contribution in [0.2, 0.25) is 0 Å². The van der Waals surface area contributed by atoms with Gasteiger partial charge in [0.05, 0.1) is 6.42 Å². The van der Waals surface area contributed by atoms with Gasteiger partial charge in [0, 0.05) is 12.5 Å². The van der Waals surface area contributed by atoms with Crippen molar-refractivity contribution in [3.05, 3.63) is 59.7 Å².